The highest BCUT2D eigenvalue weighted by Crippen LogP contribution is 2.31. The summed E-state index contributed by atoms with van der Waals surface area (Å²) < 4.78 is 10.8. The Bertz CT molecular complexity index is 1910. The number of benzene rings is 4. The topological polar surface area (TPSA) is 56.1 Å². The molecule has 0 aliphatic carbocycles. The fourth-order valence-corrected chi connectivity index (χ4v) is 5.37. The molecule has 0 bridgehead atoms. The smallest absolute Gasteiger partial charge is 0.344 e. The van der Waals surface area contributed by atoms with Crippen molar-refractivity contribution in [1.82, 2.24) is 4.57 Å². The van der Waals surface area contributed by atoms with E-state index in [-0.39, 0.29) is 34.9 Å². The van der Waals surface area contributed by atoms with Gasteiger partial charge in [0, 0.05) is 21.0 Å². The normalized spacial score (nSPS) is 11.9. The predicted molar refractivity (Wildman–Crippen MR) is 156 cm³/mol. The van der Waals surface area contributed by atoms with Crippen molar-refractivity contribution in [2.24, 2.45) is 0 Å². The first-order valence-corrected chi connectivity index (χ1v) is 13.6. The maximum atomic E-state index is 13.4. The van der Waals surface area contributed by atoms with Crippen molar-refractivity contribution < 1.29 is 30.8 Å². The molecule has 0 radical (unpaired) electrons. The number of carbonyl (C=O) groups excluding carboxylic acids is 1. The Hall–Kier alpha value is -3.81. The van der Waals surface area contributed by atoms with Crippen LogP contribution in [0, 0.1) is 13.8 Å². The van der Waals surface area contributed by atoms with Gasteiger partial charge in [0.15, 0.2) is 23.6 Å². The lowest BCUT2D eigenvalue weighted by atomic mass is 9.98. The second-order valence-electron chi connectivity index (χ2n) is 9.85. The van der Waals surface area contributed by atoms with Gasteiger partial charge < -0.3 is 21.4 Å². The third-order valence-corrected chi connectivity index (χ3v) is 7.81. The number of para-hydroxylation sites is 1. The molecule has 0 N–H and O–H groups in total. The van der Waals surface area contributed by atoms with Gasteiger partial charge in [0.05, 0.1) is 5.56 Å². The molecule has 0 fully saturated rings. The zero-order chi connectivity index (χ0) is 27.1. The fraction of sp³-hybridized carbons (Fsp3) is 0.121. The molecule has 0 aliphatic rings. The van der Waals surface area contributed by atoms with E-state index in [9.17, 15) is 9.59 Å². The van der Waals surface area contributed by atoms with E-state index in [1.54, 1.807) is 6.07 Å². The van der Waals surface area contributed by atoms with Crippen LogP contribution >= 0.6 is 15.9 Å². The summed E-state index contributed by atoms with van der Waals surface area (Å²) >= 11 is 3.44. The third-order valence-electron chi connectivity index (χ3n) is 7.28. The van der Waals surface area contributed by atoms with Crippen LogP contribution in [0.25, 0.3) is 22.0 Å². The molecular formula is C33H26Br2N2O3. The Morgan fingerprint density at radius 1 is 0.900 bits per heavy atom. The van der Waals surface area contributed by atoms with Crippen LogP contribution in [0.4, 0.5) is 0 Å². The number of halogens is 2. The van der Waals surface area contributed by atoms with Crippen molar-refractivity contribution in [2.75, 3.05) is 0 Å². The summed E-state index contributed by atoms with van der Waals surface area (Å²) in [5.74, 6) is 0.00579. The molecule has 1 atom stereocenters. The number of carbonyl (C=O) groups is 1. The summed E-state index contributed by atoms with van der Waals surface area (Å²) in [6.45, 7) is 4.31. The Morgan fingerprint density at radius 2 is 1.57 bits per heavy atom. The Balaban J connectivity index is 0.00000323. The number of hydrogen-bond acceptors (Lipinski definition) is 3. The molecule has 0 saturated heterocycles. The van der Waals surface area contributed by atoms with Gasteiger partial charge in [-0.25, -0.2) is 13.9 Å². The maximum absolute atomic E-state index is 13.4. The molecule has 0 aliphatic heterocycles. The SMILES string of the molecule is Cc1cc2c(cc1C)[n+](CC(=O)c1ccc(Br)cc1)cn2C(c1ccccc1)c1cc2ccccc2oc1=O.[Br-]. The van der Waals surface area contributed by atoms with Crippen LogP contribution in [-0.4, -0.2) is 10.4 Å². The van der Waals surface area contributed by atoms with E-state index in [0.717, 1.165) is 37.6 Å². The first-order chi connectivity index (χ1) is 18.9. The summed E-state index contributed by atoms with van der Waals surface area (Å²) in [6, 6.07) is 30.6. The van der Waals surface area contributed by atoms with Crippen LogP contribution in [0.5, 0.6) is 0 Å². The summed E-state index contributed by atoms with van der Waals surface area (Å²) in [4.78, 5) is 26.8. The first kappa shape index (κ1) is 27.7. The zero-order valence-corrected chi connectivity index (χ0v) is 25.1. The molecule has 1 unspecified atom stereocenters. The second-order valence-corrected chi connectivity index (χ2v) is 10.8. The van der Waals surface area contributed by atoms with Crippen molar-refractivity contribution >= 4 is 43.7 Å². The van der Waals surface area contributed by atoms with Crippen molar-refractivity contribution in [3.8, 4) is 0 Å². The van der Waals surface area contributed by atoms with E-state index in [1.165, 1.54) is 0 Å². The van der Waals surface area contributed by atoms with Gasteiger partial charge in [-0.05, 0) is 61.4 Å². The van der Waals surface area contributed by atoms with Gasteiger partial charge in [-0.1, -0.05) is 76.6 Å². The van der Waals surface area contributed by atoms with Crippen LogP contribution in [0.3, 0.4) is 0 Å². The number of nitrogens with zero attached hydrogens (tertiary/aromatic N) is 2. The van der Waals surface area contributed by atoms with Crippen LogP contribution in [-0.2, 0) is 6.54 Å². The minimum atomic E-state index is -0.458. The molecule has 6 rings (SSSR count). The Kier molecular flexibility index (Phi) is 7.88. The second kappa shape index (κ2) is 11.4. The minimum Gasteiger partial charge on any atom is -1.00 e. The number of Topliss-reactive ketones (excluding diaryl/α,β-unsaturated/α-hetero) is 1. The summed E-state index contributed by atoms with van der Waals surface area (Å²) in [5.41, 5.74) is 6.41. The number of rotatable bonds is 6. The standard InChI is InChI=1S/C33H26BrN2O3.BrH/c1-21-16-28-29(17-22(21)2)36(20-35(28)19-30(37)23-12-14-26(34)15-13-23)32(24-8-4-3-5-9-24)27-18-25-10-6-7-11-31(25)39-33(27)38;/h3-18,20,32H,19H2,1-2H3;1H/q+1;/p-1. The van der Waals surface area contributed by atoms with Crippen LogP contribution < -0.4 is 27.2 Å². The van der Waals surface area contributed by atoms with Crippen LogP contribution in [0.2, 0.25) is 0 Å². The molecule has 0 saturated carbocycles. The van der Waals surface area contributed by atoms with Crippen molar-refractivity contribution in [2.45, 2.75) is 26.4 Å². The lowest BCUT2D eigenvalue weighted by Gasteiger charge is -2.15. The van der Waals surface area contributed by atoms with Gasteiger partial charge in [0.2, 0.25) is 12.1 Å². The number of hydrogen-bond donors (Lipinski definition) is 0. The van der Waals surface area contributed by atoms with E-state index >= 15 is 0 Å². The molecule has 4 aromatic carbocycles. The highest BCUT2D eigenvalue weighted by Gasteiger charge is 2.30. The fourth-order valence-electron chi connectivity index (χ4n) is 5.10. The third kappa shape index (κ3) is 5.19. The number of ketones is 1. The molecule has 6 aromatic rings. The molecule has 0 amide bonds. The Morgan fingerprint density at radius 3 is 2.33 bits per heavy atom. The van der Waals surface area contributed by atoms with Crippen LogP contribution in [0.15, 0.2) is 117 Å². The molecule has 40 heavy (non-hydrogen) atoms. The maximum Gasteiger partial charge on any atom is 0.344 e. The van der Waals surface area contributed by atoms with Crippen molar-refractivity contribution in [1.29, 1.82) is 0 Å². The predicted octanol–water partition coefficient (Wildman–Crippen LogP) is 3.94. The van der Waals surface area contributed by atoms with E-state index in [2.05, 4.69) is 46.5 Å². The van der Waals surface area contributed by atoms with Gasteiger partial charge in [0.1, 0.15) is 5.58 Å². The molecule has 5 nitrogen and oxygen atoms in total. The molecule has 2 heterocycles. The van der Waals surface area contributed by atoms with Gasteiger partial charge in [-0.2, -0.15) is 0 Å². The Labute approximate surface area is 250 Å². The lowest BCUT2D eigenvalue weighted by molar-refractivity contribution is -0.658. The van der Waals surface area contributed by atoms with Crippen molar-refractivity contribution in [3.63, 3.8) is 0 Å². The molecular weight excluding hydrogens is 632 g/mol. The van der Waals surface area contributed by atoms with E-state index < -0.39 is 6.04 Å². The number of aryl methyl sites for hydroxylation is 2. The van der Waals surface area contributed by atoms with E-state index in [1.807, 2.05) is 89.8 Å². The highest BCUT2D eigenvalue weighted by atomic mass is 79.9. The molecule has 0 spiro atoms. The van der Waals surface area contributed by atoms with Gasteiger partial charge in [-0.15, -0.1) is 0 Å². The zero-order valence-electron chi connectivity index (χ0n) is 22.0. The average Bonchev–Trinajstić information content (AvgIpc) is 3.26. The first-order valence-electron chi connectivity index (χ1n) is 12.8. The molecule has 200 valence electrons. The van der Waals surface area contributed by atoms with Crippen molar-refractivity contribution in [3.05, 3.63) is 146 Å². The average molecular weight is 658 g/mol. The quantitative estimate of drug-likeness (QED) is 0.155. The summed E-state index contributed by atoms with van der Waals surface area (Å²) in [7, 11) is 0. The van der Waals surface area contributed by atoms with E-state index in [0.29, 0.717) is 16.7 Å². The largest absolute Gasteiger partial charge is 1.00 e. The highest BCUT2D eigenvalue weighted by molar-refractivity contribution is 9.10. The number of aromatic nitrogens is 2. The van der Waals surface area contributed by atoms with Crippen LogP contribution in [0.1, 0.15) is 38.7 Å². The monoisotopic (exact) mass is 656 g/mol. The van der Waals surface area contributed by atoms with Gasteiger partial charge >= 0.3 is 5.63 Å². The number of imidazole rings is 1. The van der Waals surface area contributed by atoms with Gasteiger partial charge in [0.25, 0.3) is 0 Å². The number of fused-ring (bicyclic) bond motifs is 2. The summed E-state index contributed by atoms with van der Waals surface area (Å²) in [6.07, 6.45) is 1.95. The van der Waals surface area contributed by atoms with E-state index in [4.69, 9.17) is 4.42 Å². The summed E-state index contributed by atoms with van der Waals surface area (Å²) in [5, 5.41) is 0.856. The minimum absolute atomic E-state index is 0. The lowest BCUT2D eigenvalue weighted by Crippen LogP contribution is -3.00. The molecule has 2 aromatic heterocycles. The van der Waals surface area contributed by atoms with Gasteiger partial charge in [-0.3, -0.25) is 4.79 Å². The molecule has 7 heteroatoms.